The normalized spacial score (nSPS) is 12.5. The molecule has 2 aromatic rings. The molecule has 0 amide bonds. The van der Waals surface area contributed by atoms with Crippen molar-refractivity contribution in [3.63, 3.8) is 0 Å². The van der Waals surface area contributed by atoms with Crippen LogP contribution in [0, 0.1) is 0 Å². The minimum atomic E-state index is -0.470. The van der Waals surface area contributed by atoms with Gasteiger partial charge in [-0.2, -0.15) is 0 Å². The Morgan fingerprint density at radius 1 is 1.13 bits per heavy atom. The van der Waals surface area contributed by atoms with Gasteiger partial charge < -0.3 is 14.7 Å². The molecule has 23 heavy (non-hydrogen) atoms. The van der Waals surface area contributed by atoms with E-state index in [0.717, 1.165) is 30.8 Å². The van der Waals surface area contributed by atoms with Crippen LogP contribution in [0.4, 0.5) is 0 Å². The number of nitrogens with zero attached hydrogens (tertiary/aromatic N) is 2. The van der Waals surface area contributed by atoms with Gasteiger partial charge in [-0.15, -0.1) is 0 Å². The maximum absolute atomic E-state index is 10.1. The fraction of sp³-hybridized carbons (Fsp3) is 0.421. The van der Waals surface area contributed by atoms with Crippen LogP contribution in [-0.2, 0) is 17.8 Å². The van der Waals surface area contributed by atoms with Crippen molar-refractivity contribution in [3.8, 4) is 0 Å². The molecule has 0 aliphatic heterocycles. The number of hydrogen-bond acceptors (Lipinski definition) is 4. The Morgan fingerprint density at radius 3 is 2.61 bits per heavy atom. The third-order valence-electron chi connectivity index (χ3n) is 3.75. The minimum absolute atomic E-state index is 0.356. The second kappa shape index (κ2) is 10.1. The highest BCUT2D eigenvalue weighted by Crippen LogP contribution is 2.03. The third-order valence-corrected chi connectivity index (χ3v) is 3.75. The van der Waals surface area contributed by atoms with Crippen LogP contribution in [0.3, 0.4) is 0 Å². The van der Waals surface area contributed by atoms with Crippen LogP contribution in [0.15, 0.2) is 54.7 Å². The molecule has 0 saturated carbocycles. The van der Waals surface area contributed by atoms with E-state index in [2.05, 4.69) is 16.8 Å². The maximum atomic E-state index is 10.1. The van der Waals surface area contributed by atoms with Crippen molar-refractivity contribution in [2.24, 2.45) is 0 Å². The fourth-order valence-electron chi connectivity index (χ4n) is 2.43. The van der Waals surface area contributed by atoms with Crippen LogP contribution < -0.4 is 0 Å². The van der Waals surface area contributed by atoms with E-state index in [-0.39, 0.29) is 0 Å². The van der Waals surface area contributed by atoms with E-state index in [1.807, 2.05) is 54.7 Å². The van der Waals surface area contributed by atoms with E-state index in [1.54, 1.807) is 0 Å². The molecule has 1 aromatic carbocycles. The van der Waals surface area contributed by atoms with Crippen molar-refractivity contribution in [1.82, 2.24) is 9.88 Å². The predicted molar refractivity (Wildman–Crippen MR) is 92.2 cm³/mol. The molecule has 4 nitrogen and oxygen atoms in total. The summed E-state index contributed by atoms with van der Waals surface area (Å²) in [6.45, 7) is 5.42. The predicted octanol–water partition coefficient (Wildman–Crippen LogP) is 2.52. The van der Waals surface area contributed by atoms with Crippen LogP contribution in [-0.4, -0.2) is 47.3 Å². The van der Waals surface area contributed by atoms with Crippen molar-refractivity contribution >= 4 is 0 Å². The molecule has 0 fully saturated rings. The van der Waals surface area contributed by atoms with Crippen molar-refractivity contribution in [3.05, 3.63) is 66.0 Å². The second-order valence-electron chi connectivity index (χ2n) is 5.62. The summed E-state index contributed by atoms with van der Waals surface area (Å²) in [7, 11) is 0. The Bertz CT molecular complexity index is 534. The molecule has 1 heterocycles. The Labute approximate surface area is 138 Å². The number of aliphatic hydroxyl groups excluding tert-OH is 1. The highest BCUT2D eigenvalue weighted by atomic mass is 16.5. The lowest BCUT2D eigenvalue weighted by molar-refractivity contribution is 0.0108. The molecular formula is C19H26N2O2. The van der Waals surface area contributed by atoms with E-state index < -0.39 is 6.10 Å². The van der Waals surface area contributed by atoms with E-state index >= 15 is 0 Å². The summed E-state index contributed by atoms with van der Waals surface area (Å²) in [5, 5.41) is 10.1. The van der Waals surface area contributed by atoms with Gasteiger partial charge in [0.2, 0.25) is 0 Å². The van der Waals surface area contributed by atoms with Gasteiger partial charge in [0.15, 0.2) is 0 Å². The highest BCUT2D eigenvalue weighted by Gasteiger charge is 2.11. The van der Waals surface area contributed by atoms with Gasteiger partial charge in [-0.25, -0.2) is 0 Å². The molecule has 2 rings (SSSR count). The summed E-state index contributed by atoms with van der Waals surface area (Å²) in [6, 6.07) is 16.0. The number of aromatic nitrogens is 1. The first-order chi connectivity index (χ1) is 11.3. The molecule has 0 aliphatic carbocycles. The summed E-state index contributed by atoms with van der Waals surface area (Å²) >= 11 is 0. The van der Waals surface area contributed by atoms with Crippen molar-refractivity contribution < 1.29 is 9.84 Å². The van der Waals surface area contributed by atoms with Gasteiger partial charge in [0.1, 0.15) is 0 Å². The molecule has 0 bridgehead atoms. The molecule has 1 aromatic heterocycles. The van der Waals surface area contributed by atoms with Gasteiger partial charge in [-0.3, -0.25) is 4.98 Å². The molecule has 0 spiro atoms. The largest absolute Gasteiger partial charge is 0.389 e. The monoisotopic (exact) mass is 314 g/mol. The molecule has 0 radical (unpaired) electrons. The maximum Gasteiger partial charge on any atom is 0.0900 e. The second-order valence-corrected chi connectivity index (χ2v) is 5.62. The summed E-state index contributed by atoms with van der Waals surface area (Å²) in [5.74, 6) is 0. The lowest BCUT2D eigenvalue weighted by Gasteiger charge is -2.23. The summed E-state index contributed by atoms with van der Waals surface area (Å²) in [4.78, 5) is 6.56. The quantitative estimate of drug-likeness (QED) is 0.732. The van der Waals surface area contributed by atoms with Gasteiger partial charge in [-0.05, 0) is 24.2 Å². The molecule has 4 heteroatoms. The zero-order chi connectivity index (χ0) is 16.3. The van der Waals surface area contributed by atoms with Crippen molar-refractivity contribution in [2.75, 3.05) is 26.2 Å². The van der Waals surface area contributed by atoms with E-state index in [4.69, 9.17) is 4.74 Å². The SMILES string of the molecule is CCN(CCc1ccccn1)CC(O)COCc1ccccc1. The number of benzene rings is 1. The average Bonchev–Trinajstić information content (AvgIpc) is 2.60. The Hall–Kier alpha value is -1.75. The van der Waals surface area contributed by atoms with Gasteiger partial charge in [0.05, 0.1) is 19.3 Å². The number of aliphatic hydroxyl groups is 1. The Morgan fingerprint density at radius 2 is 1.91 bits per heavy atom. The van der Waals surface area contributed by atoms with Gasteiger partial charge in [0.25, 0.3) is 0 Å². The topological polar surface area (TPSA) is 45.6 Å². The zero-order valence-electron chi connectivity index (χ0n) is 13.8. The Kier molecular flexibility index (Phi) is 7.73. The minimum Gasteiger partial charge on any atom is -0.389 e. The highest BCUT2D eigenvalue weighted by molar-refractivity contribution is 5.13. The number of hydrogen-bond donors (Lipinski definition) is 1. The van der Waals surface area contributed by atoms with Gasteiger partial charge >= 0.3 is 0 Å². The van der Waals surface area contributed by atoms with Crippen LogP contribution in [0.25, 0.3) is 0 Å². The number of rotatable bonds is 10. The fourth-order valence-corrected chi connectivity index (χ4v) is 2.43. The lowest BCUT2D eigenvalue weighted by atomic mass is 10.2. The molecule has 1 atom stereocenters. The van der Waals surface area contributed by atoms with E-state index in [1.165, 1.54) is 0 Å². The molecular weight excluding hydrogens is 288 g/mol. The average molecular weight is 314 g/mol. The number of ether oxygens (including phenoxy) is 1. The molecule has 1 unspecified atom stereocenters. The first kappa shape index (κ1) is 17.6. The molecule has 1 N–H and O–H groups in total. The smallest absolute Gasteiger partial charge is 0.0900 e. The molecule has 0 aliphatic rings. The number of pyridine rings is 1. The lowest BCUT2D eigenvalue weighted by Crippen LogP contribution is -2.36. The summed E-state index contributed by atoms with van der Waals surface area (Å²) in [5.41, 5.74) is 2.21. The van der Waals surface area contributed by atoms with Crippen molar-refractivity contribution in [1.29, 1.82) is 0 Å². The van der Waals surface area contributed by atoms with Crippen LogP contribution in [0.2, 0.25) is 0 Å². The van der Waals surface area contributed by atoms with E-state index in [9.17, 15) is 5.11 Å². The van der Waals surface area contributed by atoms with Gasteiger partial charge in [-0.1, -0.05) is 43.3 Å². The standard InChI is InChI=1S/C19H26N2O2/c1-2-21(13-11-18-10-6-7-12-20-18)14-19(22)16-23-15-17-8-4-3-5-9-17/h3-10,12,19,22H,2,11,13-16H2,1H3. The van der Waals surface area contributed by atoms with Crippen molar-refractivity contribution in [2.45, 2.75) is 26.1 Å². The first-order valence-electron chi connectivity index (χ1n) is 8.20. The number of likely N-dealkylation sites (N-methyl/N-ethyl adjacent to an activating group) is 1. The molecule has 0 saturated heterocycles. The summed E-state index contributed by atoms with van der Waals surface area (Å²) < 4.78 is 5.60. The first-order valence-corrected chi connectivity index (χ1v) is 8.20. The third kappa shape index (κ3) is 6.91. The molecule has 124 valence electrons. The van der Waals surface area contributed by atoms with Crippen LogP contribution in [0.5, 0.6) is 0 Å². The zero-order valence-corrected chi connectivity index (χ0v) is 13.8. The Balaban J connectivity index is 1.66. The van der Waals surface area contributed by atoms with Gasteiger partial charge in [0, 0.05) is 31.4 Å². The summed E-state index contributed by atoms with van der Waals surface area (Å²) in [6.07, 6.45) is 2.24. The van der Waals surface area contributed by atoms with E-state index in [0.29, 0.717) is 19.8 Å². The van der Waals surface area contributed by atoms with Crippen LogP contribution >= 0.6 is 0 Å². The van der Waals surface area contributed by atoms with Crippen LogP contribution in [0.1, 0.15) is 18.2 Å².